The Kier molecular flexibility index (Phi) is 6.81. The first-order valence-corrected chi connectivity index (χ1v) is 9.67. The molecule has 0 aliphatic rings. The summed E-state index contributed by atoms with van der Waals surface area (Å²) in [6.07, 6.45) is 0.955. The van der Waals surface area contributed by atoms with Gasteiger partial charge in [0.05, 0.1) is 18.4 Å². The van der Waals surface area contributed by atoms with Crippen molar-refractivity contribution >= 4 is 17.1 Å². The van der Waals surface area contributed by atoms with Crippen LogP contribution in [0, 0.1) is 0 Å². The number of nitrogens with zero attached hydrogens (tertiary/aromatic N) is 1. The van der Waals surface area contributed by atoms with Crippen molar-refractivity contribution in [3.63, 3.8) is 0 Å². The average molecular weight is 385 g/mol. The van der Waals surface area contributed by atoms with Gasteiger partial charge in [-0.25, -0.2) is 0 Å². The fraction of sp³-hybridized carbons (Fsp3) is 0.286. The summed E-state index contributed by atoms with van der Waals surface area (Å²) >= 11 is 1.68. The number of carbonyl (C=O) groups excluding carboxylic acids is 1. The molecule has 0 aliphatic heterocycles. The highest BCUT2D eigenvalue weighted by Gasteiger charge is 2.16. The van der Waals surface area contributed by atoms with Crippen molar-refractivity contribution in [1.29, 1.82) is 0 Å². The van der Waals surface area contributed by atoms with E-state index < -0.39 is 6.10 Å². The predicted molar refractivity (Wildman–Crippen MR) is 105 cm³/mol. The molecule has 142 valence electrons. The van der Waals surface area contributed by atoms with Crippen LogP contribution in [0.4, 0.5) is 0 Å². The van der Waals surface area contributed by atoms with E-state index in [0.29, 0.717) is 24.4 Å². The molecule has 2 aromatic heterocycles. The molecule has 0 amide bonds. The number of ether oxygens (including phenoxy) is 1. The number of aliphatic hydroxyl groups is 1. The molecule has 5 nitrogen and oxygen atoms in total. The van der Waals surface area contributed by atoms with Gasteiger partial charge in [-0.3, -0.25) is 9.69 Å². The van der Waals surface area contributed by atoms with E-state index in [1.54, 1.807) is 35.8 Å². The second-order valence-electron chi connectivity index (χ2n) is 6.35. The molecule has 0 saturated heterocycles. The van der Waals surface area contributed by atoms with Crippen LogP contribution in [-0.4, -0.2) is 35.0 Å². The number of Topliss-reactive ketones (excluding diaryl/α,β-unsaturated/α-hetero) is 1. The molecular weight excluding hydrogens is 362 g/mol. The predicted octanol–water partition coefficient (Wildman–Crippen LogP) is 3.99. The molecule has 0 saturated carbocycles. The fourth-order valence-corrected chi connectivity index (χ4v) is 3.60. The largest absolute Gasteiger partial charge is 0.490 e. The topological polar surface area (TPSA) is 62.9 Å². The van der Waals surface area contributed by atoms with E-state index in [1.807, 2.05) is 29.6 Å². The summed E-state index contributed by atoms with van der Waals surface area (Å²) in [5.41, 5.74) is 0.524. The zero-order valence-electron chi connectivity index (χ0n) is 15.2. The van der Waals surface area contributed by atoms with Gasteiger partial charge in [-0.2, -0.15) is 0 Å². The van der Waals surface area contributed by atoms with Crippen LogP contribution in [0.3, 0.4) is 0 Å². The maximum absolute atomic E-state index is 11.7. The molecule has 1 unspecified atom stereocenters. The van der Waals surface area contributed by atoms with E-state index in [2.05, 4.69) is 11.0 Å². The number of thiophene rings is 1. The van der Waals surface area contributed by atoms with Gasteiger partial charge in [0.15, 0.2) is 5.78 Å². The van der Waals surface area contributed by atoms with Crippen LogP contribution >= 0.6 is 11.3 Å². The van der Waals surface area contributed by atoms with Crippen molar-refractivity contribution < 1.29 is 19.1 Å². The zero-order valence-corrected chi connectivity index (χ0v) is 16.0. The molecule has 0 bridgehead atoms. The first-order valence-electron chi connectivity index (χ1n) is 8.80. The number of rotatable bonds is 10. The molecule has 0 aliphatic carbocycles. The van der Waals surface area contributed by atoms with Crippen LogP contribution in [0.5, 0.6) is 5.75 Å². The van der Waals surface area contributed by atoms with E-state index in [1.165, 1.54) is 11.8 Å². The minimum atomic E-state index is -0.695. The Balaban J connectivity index is 1.60. The minimum Gasteiger partial charge on any atom is -0.490 e. The van der Waals surface area contributed by atoms with Crippen molar-refractivity contribution in [2.24, 2.45) is 0 Å². The molecule has 1 N–H and O–H groups in total. The highest BCUT2D eigenvalue weighted by molar-refractivity contribution is 7.09. The molecule has 27 heavy (non-hydrogen) atoms. The van der Waals surface area contributed by atoms with Crippen molar-refractivity contribution in [3.05, 3.63) is 76.4 Å². The summed E-state index contributed by atoms with van der Waals surface area (Å²) < 4.78 is 11.2. The lowest BCUT2D eigenvalue weighted by Crippen LogP contribution is -2.34. The van der Waals surface area contributed by atoms with Crippen LogP contribution in [0.2, 0.25) is 0 Å². The van der Waals surface area contributed by atoms with Crippen LogP contribution in [-0.2, 0) is 13.1 Å². The third-order valence-electron chi connectivity index (χ3n) is 4.09. The van der Waals surface area contributed by atoms with Crippen molar-refractivity contribution in [2.75, 3.05) is 13.2 Å². The first-order chi connectivity index (χ1) is 13.1. The van der Waals surface area contributed by atoms with Crippen molar-refractivity contribution in [1.82, 2.24) is 4.90 Å². The van der Waals surface area contributed by atoms with Gasteiger partial charge in [0.2, 0.25) is 0 Å². The second kappa shape index (κ2) is 9.50. The lowest BCUT2D eigenvalue weighted by atomic mass is 10.1. The minimum absolute atomic E-state index is 0.0581. The van der Waals surface area contributed by atoms with Gasteiger partial charge >= 0.3 is 0 Å². The Labute approximate surface area is 162 Å². The molecular formula is C21H23NO4S. The SMILES string of the molecule is CC(=O)c1ccccc1OCC(O)CN(Cc1ccco1)Cc1cccs1. The van der Waals surface area contributed by atoms with E-state index in [-0.39, 0.29) is 12.4 Å². The number of carbonyl (C=O) groups is 1. The molecule has 0 spiro atoms. The van der Waals surface area contributed by atoms with Gasteiger partial charge in [0, 0.05) is 18.0 Å². The summed E-state index contributed by atoms with van der Waals surface area (Å²) in [5, 5.41) is 12.5. The van der Waals surface area contributed by atoms with E-state index in [0.717, 1.165) is 12.3 Å². The number of benzene rings is 1. The highest BCUT2D eigenvalue weighted by Crippen LogP contribution is 2.19. The highest BCUT2D eigenvalue weighted by atomic mass is 32.1. The summed E-state index contributed by atoms with van der Waals surface area (Å²) in [6, 6.07) is 15.0. The Bertz CT molecular complexity index is 794. The zero-order chi connectivity index (χ0) is 19.1. The molecule has 1 aromatic carbocycles. The Hall–Kier alpha value is -2.41. The summed E-state index contributed by atoms with van der Waals surface area (Å²) in [7, 11) is 0. The average Bonchev–Trinajstić information content (AvgIpc) is 3.34. The monoisotopic (exact) mass is 385 g/mol. The maximum Gasteiger partial charge on any atom is 0.163 e. The Morgan fingerprint density at radius 1 is 1.19 bits per heavy atom. The first kappa shape index (κ1) is 19.4. The van der Waals surface area contributed by atoms with Crippen LogP contribution < -0.4 is 4.74 Å². The van der Waals surface area contributed by atoms with E-state index in [4.69, 9.17) is 9.15 Å². The molecule has 1 atom stereocenters. The third-order valence-corrected chi connectivity index (χ3v) is 4.95. The number of hydrogen-bond acceptors (Lipinski definition) is 6. The van der Waals surface area contributed by atoms with E-state index >= 15 is 0 Å². The summed E-state index contributed by atoms with van der Waals surface area (Å²) in [5.74, 6) is 1.29. The number of ketones is 1. The number of para-hydroxylation sites is 1. The third kappa shape index (κ3) is 5.79. The normalized spacial score (nSPS) is 12.3. The number of aliphatic hydroxyl groups excluding tert-OH is 1. The Morgan fingerprint density at radius 3 is 2.74 bits per heavy atom. The second-order valence-corrected chi connectivity index (χ2v) is 7.38. The lowest BCUT2D eigenvalue weighted by Gasteiger charge is -2.24. The molecule has 3 aromatic rings. The van der Waals surface area contributed by atoms with Gasteiger partial charge in [-0.15, -0.1) is 11.3 Å². The molecule has 0 fully saturated rings. The molecule has 2 heterocycles. The van der Waals surface area contributed by atoms with Crippen LogP contribution in [0.25, 0.3) is 0 Å². The standard InChI is InChI=1S/C21H23NO4S/c1-16(23)20-8-2-3-9-21(20)26-15-17(24)12-22(13-18-6-4-10-25-18)14-19-7-5-11-27-19/h2-11,17,24H,12-15H2,1H3. The molecule has 0 radical (unpaired) electrons. The van der Waals surface area contributed by atoms with Crippen molar-refractivity contribution in [2.45, 2.75) is 26.1 Å². The van der Waals surface area contributed by atoms with Crippen LogP contribution in [0.1, 0.15) is 27.9 Å². The molecule has 3 rings (SSSR count). The summed E-state index contributed by atoms with van der Waals surface area (Å²) in [4.78, 5) is 15.0. The van der Waals surface area contributed by atoms with Gasteiger partial charge in [-0.05, 0) is 42.6 Å². The van der Waals surface area contributed by atoms with Crippen LogP contribution in [0.15, 0.2) is 64.6 Å². The molecule has 6 heteroatoms. The van der Waals surface area contributed by atoms with Gasteiger partial charge in [-0.1, -0.05) is 18.2 Å². The van der Waals surface area contributed by atoms with Gasteiger partial charge in [0.25, 0.3) is 0 Å². The van der Waals surface area contributed by atoms with E-state index in [9.17, 15) is 9.90 Å². The maximum atomic E-state index is 11.7. The summed E-state index contributed by atoms with van der Waals surface area (Å²) in [6.45, 7) is 3.38. The lowest BCUT2D eigenvalue weighted by molar-refractivity contribution is 0.0602. The quantitative estimate of drug-likeness (QED) is 0.535. The van der Waals surface area contributed by atoms with Gasteiger partial charge in [0.1, 0.15) is 24.2 Å². The smallest absolute Gasteiger partial charge is 0.163 e. The van der Waals surface area contributed by atoms with Gasteiger partial charge < -0.3 is 14.3 Å². The number of furan rings is 1. The fourth-order valence-electron chi connectivity index (χ4n) is 2.85. The number of hydrogen-bond donors (Lipinski definition) is 1. The van der Waals surface area contributed by atoms with Crippen molar-refractivity contribution in [3.8, 4) is 5.75 Å². The Morgan fingerprint density at radius 2 is 2.04 bits per heavy atom.